The van der Waals surface area contributed by atoms with Crippen LogP contribution in [0.15, 0.2) is 10.7 Å². The van der Waals surface area contributed by atoms with Crippen molar-refractivity contribution >= 4 is 44.4 Å². The van der Waals surface area contributed by atoms with Crippen molar-refractivity contribution in [3.8, 4) is 0 Å². The monoisotopic (exact) mass is 376 g/mol. The molecule has 0 aliphatic rings. The van der Waals surface area contributed by atoms with Gasteiger partial charge < -0.3 is 5.73 Å². The van der Waals surface area contributed by atoms with Crippen molar-refractivity contribution in [3.05, 3.63) is 25.5 Å². The van der Waals surface area contributed by atoms with Crippen LogP contribution in [0.4, 0.5) is 8.78 Å². The summed E-state index contributed by atoms with van der Waals surface area (Å²) in [7, 11) is 0. The Morgan fingerprint density at radius 2 is 2.21 bits per heavy atom. The van der Waals surface area contributed by atoms with Gasteiger partial charge in [0.1, 0.15) is 5.69 Å². The van der Waals surface area contributed by atoms with E-state index in [-0.39, 0.29) is 15.7 Å². The molecule has 1 heterocycles. The molecule has 1 rings (SSSR count). The van der Waals surface area contributed by atoms with Crippen molar-refractivity contribution in [2.24, 2.45) is 5.73 Å². The number of halogens is 4. The summed E-state index contributed by atoms with van der Waals surface area (Å²) in [5.74, 6) is -0.691. The SMILES string of the molecule is NC(=O)c1cnc(C(F)F)c(Br)c1I. The molecule has 1 aromatic rings. The molecule has 0 atom stereocenters. The number of amides is 1. The van der Waals surface area contributed by atoms with Crippen molar-refractivity contribution in [3.63, 3.8) is 0 Å². The summed E-state index contributed by atoms with van der Waals surface area (Å²) >= 11 is 4.70. The minimum atomic E-state index is -2.68. The molecule has 0 bridgehead atoms. The molecule has 0 aliphatic carbocycles. The lowest BCUT2D eigenvalue weighted by molar-refractivity contribution is 0.0998. The van der Waals surface area contributed by atoms with E-state index in [4.69, 9.17) is 5.73 Å². The van der Waals surface area contributed by atoms with Gasteiger partial charge in [-0.3, -0.25) is 9.78 Å². The Kier molecular flexibility index (Phi) is 3.76. The number of rotatable bonds is 2. The number of nitrogens with zero attached hydrogens (tertiary/aromatic N) is 1. The van der Waals surface area contributed by atoms with Gasteiger partial charge in [-0.2, -0.15) is 0 Å². The normalized spacial score (nSPS) is 10.6. The van der Waals surface area contributed by atoms with Crippen LogP contribution in [0, 0.1) is 3.57 Å². The summed E-state index contributed by atoms with van der Waals surface area (Å²) in [4.78, 5) is 14.3. The van der Waals surface area contributed by atoms with Crippen molar-refractivity contribution in [2.45, 2.75) is 6.43 Å². The van der Waals surface area contributed by atoms with Crippen LogP contribution in [0.2, 0.25) is 0 Å². The first kappa shape index (κ1) is 11.8. The fourth-order valence-corrected chi connectivity index (χ4v) is 1.97. The zero-order chi connectivity index (χ0) is 10.9. The minimum Gasteiger partial charge on any atom is -0.366 e. The van der Waals surface area contributed by atoms with Crippen LogP contribution in [0.1, 0.15) is 22.5 Å². The van der Waals surface area contributed by atoms with E-state index in [0.29, 0.717) is 3.57 Å². The third-order valence-corrected chi connectivity index (χ3v) is 4.12. The summed E-state index contributed by atoms with van der Waals surface area (Å²) in [6.07, 6.45) is -1.63. The topological polar surface area (TPSA) is 56.0 Å². The Labute approximate surface area is 100 Å². The second-order valence-electron chi connectivity index (χ2n) is 2.35. The van der Waals surface area contributed by atoms with Gasteiger partial charge in [-0.15, -0.1) is 0 Å². The molecule has 0 aromatic carbocycles. The lowest BCUT2D eigenvalue weighted by Gasteiger charge is -2.06. The van der Waals surface area contributed by atoms with Crippen LogP contribution >= 0.6 is 38.5 Å². The standard InChI is InChI=1S/C7H4BrF2IN2O/c8-3-4(11)2(7(12)14)1-13-5(3)6(9)10/h1,6H,(H2,12,14). The number of pyridine rings is 1. The Morgan fingerprint density at radius 1 is 1.64 bits per heavy atom. The van der Waals surface area contributed by atoms with Gasteiger partial charge in [0.2, 0.25) is 0 Å². The maximum Gasteiger partial charge on any atom is 0.281 e. The summed E-state index contributed by atoms with van der Waals surface area (Å²) in [5, 5.41) is 0. The number of hydrogen-bond acceptors (Lipinski definition) is 2. The predicted octanol–water partition coefficient (Wildman–Crippen LogP) is 2.49. The van der Waals surface area contributed by atoms with Gasteiger partial charge in [0, 0.05) is 9.77 Å². The molecule has 1 amide bonds. The number of carbonyl (C=O) groups excluding carboxylic acids is 1. The Bertz CT molecular complexity index is 386. The average molecular weight is 377 g/mol. The van der Waals surface area contributed by atoms with Crippen molar-refractivity contribution < 1.29 is 13.6 Å². The van der Waals surface area contributed by atoms with E-state index in [1.54, 1.807) is 22.6 Å². The molecule has 0 unspecified atom stereocenters. The molecule has 7 heteroatoms. The number of nitrogens with two attached hydrogens (primary N) is 1. The minimum absolute atomic E-state index is 0.115. The molecule has 76 valence electrons. The zero-order valence-electron chi connectivity index (χ0n) is 6.60. The molecule has 0 spiro atoms. The first-order valence-corrected chi connectivity index (χ1v) is 5.24. The van der Waals surface area contributed by atoms with Gasteiger partial charge in [0.15, 0.2) is 0 Å². The van der Waals surface area contributed by atoms with Gasteiger partial charge in [-0.05, 0) is 38.5 Å². The molecule has 3 nitrogen and oxygen atoms in total. The quantitative estimate of drug-likeness (QED) is 0.806. The summed E-state index contributed by atoms with van der Waals surface area (Å²) in [5.41, 5.74) is 4.75. The van der Waals surface area contributed by atoms with Crippen LogP contribution in [0.3, 0.4) is 0 Å². The third-order valence-electron chi connectivity index (χ3n) is 1.46. The lowest BCUT2D eigenvalue weighted by atomic mass is 10.2. The number of carbonyl (C=O) groups is 1. The van der Waals surface area contributed by atoms with Gasteiger partial charge in [0.05, 0.1) is 10.0 Å². The highest BCUT2D eigenvalue weighted by molar-refractivity contribution is 14.1. The van der Waals surface area contributed by atoms with Gasteiger partial charge in [-0.25, -0.2) is 8.78 Å². The van der Waals surface area contributed by atoms with Gasteiger partial charge in [0.25, 0.3) is 12.3 Å². The van der Waals surface area contributed by atoms with E-state index < -0.39 is 12.3 Å². The number of hydrogen-bond donors (Lipinski definition) is 1. The van der Waals surface area contributed by atoms with E-state index >= 15 is 0 Å². The van der Waals surface area contributed by atoms with Crippen LogP contribution in [-0.2, 0) is 0 Å². The van der Waals surface area contributed by atoms with Crippen LogP contribution in [0.5, 0.6) is 0 Å². The second-order valence-corrected chi connectivity index (χ2v) is 4.22. The fraction of sp³-hybridized carbons (Fsp3) is 0.143. The molecule has 0 saturated heterocycles. The number of alkyl halides is 2. The molecule has 0 saturated carbocycles. The summed E-state index contributed by atoms with van der Waals surface area (Å²) in [6.45, 7) is 0. The highest BCUT2D eigenvalue weighted by Gasteiger charge is 2.19. The molecule has 1 aromatic heterocycles. The van der Waals surface area contributed by atoms with Gasteiger partial charge in [-0.1, -0.05) is 0 Å². The summed E-state index contributed by atoms with van der Waals surface area (Å²) < 4.78 is 25.1. The maximum atomic E-state index is 12.3. The maximum absolute atomic E-state index is 12.3. The first-order valence-electron chi connectivity index (χ1n) is 3.37. The number of primary amides is 1. The molecular weight excluding hydrogens is 373 g/mol. The Morgan fingerprint density at radius 3 is 2.64 bits per heavy atom. The van der Waals surface area contributed by atoms with E-state index in [1.165, 1.54) is 0 Å². The number of aromatic nitrogens is 1. The average Bonchev–Trinajstić information content (AvgIpc) is 2.08. The van der Waals surface area contributed by atoms with E-state index in [0.717, 1.165) is 6.20 Å². The highest BCUT2D eigenvalue weighted by atomic mass is 127. The highest BCUT2D eigenvalue weighted by Crippen LogP contribution is 2.30. The molecule has 0 aliphatic heterocycles. The van der Waals surface area contributed by atoms with Crippen LogP contribution in [0.25, 0.3) is 0 Å². The summed E-state index contributed by atoms with van der Waals surface area (Å²) in [6, 6.07) is 0. The lowest BCUT2D eigenvalue weighted by Crippen LogP contribution is -2.14. The molecular formula is C7H4BrF2IN2O. The Hall–Kier alpha value is -0.310. The molecule has 2 N–H and O–H groups in total. The second kappa shape index (κ2) is 4.47. The van der Waals surface area contributed by atoms with Crippen molar-refractivity contribution in [1.29, 1.82) is 0 Å². The smallest absolute Gasteiger partial charge is 0.281 e. The van der Waals surface area contributed by atoms with Gasteiger partial charge >= 0.3 is 0 Å². The van der Waals surface area contributed by atoms with E-state index in [9.17, 15) is 13.6 Å². The first-order chi connectivity index (χ1) is 6.45. The molecule has 0 radical (unpaired) electrons. The van der Waals surface area contributed by atoms with E-state index in [2.05, 4.69) is 20.9 Å². The largest absolute Gasteiger partial charge is 0.366 e. The zero-order valence-corrected chi connectivity index (χ0v) is 10.3. The van der Waals surface area contributed by atoms with Crippen LogP contribution in [-0.4, -0.2) is 10.9 Å². The van der Waals surface area contributed by atoms with Crippen molar-refractivity contribution in [2.75, 3.05) is 0 Å². The Balaban J connectivity index is 3.33. The van der Waals surface area contributed by atoms with Crippen molar-refractivity contribution in [1.82, 2.24) is 4.98 Å². The van der Waals surface area contributed by atoms with E-state index in [1.807, 2.05) is 0 Å². The third kappa shape index (κ3) is 2.19. The fourth-order valence-electron chi connectivity index (χ4n) is 0.802. The predicted molar refractivity (Wildman–Crippen MR) is 58.1 cm³/mol. The molecule has 14 heavy (non-hydrogen) atoms. The van der Waals surface area contributed by atoms with Crippen LogP contribution < -0.4 is 5.73 Å². The molecule has 0 fully saturated rings.